The summed E-state index contributed by atoms with van der Waals surface area (Å²) in [7, 11) is 0. The molecule has 1 aromatic rings. The minimum absolute atomic E-state index is 0.348. The van der Waals surface area contributed by atoms with E-state index in [1.54, 1.807) is 24.3 Å². The van der Waals surface area contributed by atoms with E-state index in [0.29, 0.717) is 17.3 Å². The van der Waals surface area contributed by atoms with Crippen LogP contribution in [0.15, 0.2) is 29.3 Å². The van der Waals surface area contributed by atoms with Crippen molar-refractivity contribution in [2.45, 2.75) is 13.8 Å². The van der Waals surface area contributed by atoms with Crippen molar-refractivity contribution in [1.29, 1.82) is 0 Å². The number of barbiturate groups is 1. The molecule has 0 spiro atoms. The van der Waals surface area contributed by atoms with Crippen LogP contribution in [0.4, 0.5) is 10.5 Å². The highest BCUT2D eigenvalue weighted by molar-refractivity contribution is 6.33. The number of hydrogen-bond donors (Lipinski definition) is 1. The highest BCUT2D eigenvalue weighted by atomic mass is 35.5. The van der Waals surface area contributed by atoms with Crippen LogP contribution in [0, 0.1) is 5.92 Å². The predicted octanol–water partition coefficient (Wildman–Crippen LogP) is 1.95. The van der Waals surface area contributed by atoms with Crippen LogP contribution in [0.1, 0.15) is 13.8 Å². The molecule has 1 N–H and O–H groups in total. The second-order valence-electron chi connectivity index (χ2n) is 5.50. The van der Waals surface area contributed by atoms with Gasteiger partial charge >= 0.3 is 6.03 Å². The van der Waals surface area contributed by atoms with Gasteiger partial charge in [0.15, 0.2) is 5.92 Å². The number of hydrogen-bond acceptors (Lipinski definition) is 5. The van der Waals surface area contributed by atoms with Gasteiger partial charge in [0.05, 0.1) is 12.2 Å². The van der Waals surface area contributed by atoms with Gasteiger partial charge in [-0.3, -0.25) is 19.9 Å². The Bertz CT molecular complexity index is 671. The molecule has 7 nitrogen and oxygen atoms in total. The molecule has 1 heterocycles. The fraction of sp³-hybridized carbons (Fsp3) is 0.412. The highest BCUT2D eigenvalue weighted by Gasteiger charge is 2.40. The molecule has 1 unspecified atom stereocenters. The van der Waals surface area contributed by atoms with Crippen molar-refractivity contribution in [3.8, 4) is 0 Å². The first-order valence-electron chi connectivity index (χ1n) is 8.14. The summed E-state index contributed by atoms with van der Waals surface area (Å²) < 4.78 is 0. The summed E-state index contributed by atoms with van der Waals surface area (Å²) in [4.78, 5) is 43.9. The molecule has 0 bridgehead atoms. The van der Waals surface area contributed by atoms with Crippen LogP contribution in [0.5, 0.6) is 0 Å². The zero-order valence-electron chi connectivity index (χ0n) is 14.2. The number of anilines is 1. The van der Waals surface area contributed by atoms with Crippen molar-refractivity contribution >= 4 is 41.3 Å². The molecule has 0 radical (unpaired) electrons. The fourth-order valence-corrected chi connectivity index (χ4v) is 2.60. The smallest absolute Gasteiger partial charge is 0.302 e. The Balaban J connectivity index is 2.10. The number of carbonyl (C=O) groups is 3. The maximum Gasteiger partial charge on any atom is 0.335 e. The van der Waals surface area contributed by atoms with Crippen LogP contribution in [-0.2, 0) is 9.59 Å². The van der Waals surface area contributed by atoms with Gasteiger partial charge in [-0.05, 0) is 37.4 Å². The lowest BCUT2D eigenvalue weighted by molar-refractivity contribution is -0.131. The maximum atomic E-state index is 12.6. The number of urea groups is 1. The van der Waals surface area contributed by atoms with E-state index in [9.17, 15) is 14.4 Å². The SMILES string of the molecule is CCN(CC)CCN=CC1C(=O)NC(=O)N(c2ccc(Cl)cc2)C1=O. The third-order valence-corrected chi connectivity index (χ3v) is 4.23. The number of benzene rings is 1. The number of imide groups is 2. The number of rotatable bonds is 7. The third-order valence-electron chi connectivity index (χ3n) is 3.98. The van der Waals surface area contributed by atoms with E-state index in [1.807, 2.05) is 0 Å². The standard InChI is InChI=1S/C17H21ClN4O3/c1-3-21(4-2)10-9-19-11-14-15(23)20-17(25)22(16(14)24)13-7-5-12(18)6-8-13/h5-8,11,14H,3-4,9-10H2,1-2H3,(H,20,23,25). The molecule has 1 aliphatic heterocycles. The topological polar surface area (TPSA) is 82.1 Å². The lowest BCUT2D eigenvalue weighted by Gasteiger charge is -2.28. The number of nitrogens with zero attached hydrogens (tertiary/aromatic N) is 3. The Morgan fingerprint density at radius 1 is 1.20 bits per heavy atom. The number of halogens is 1. The first kappa shape index (κ1) is 19.1. The first-order valence-corrected chi connectivity index (χ1v) is 8.52. The van der Waals surface area contributed by atoms with Gasteiger partial charge in [-0.1, -0.05) is 25.4 Å². The zero-order chi connectivity index (χ0) is 18.4. The lowest BCUT2D eigenvalue weighted by Crippen LogP contribution is -2.58. The van der Waals surface area contributed by atoms with Crippen molar-refractivity contribution in [1.82, 2.24) is 10.2 Å². The number of amides is 4. The van der Waals surface area contributed by atoms with Crippen LogP contribution in [-0.4, -0.2) is 55.1 Å². The molecular weight excluding hydrogens is 344 g/mol. The Hall–Kier alpha value is -2.25. The second-order valence-corrected chi connectivity index (χ2v) is 5.94. The lowest BCUT2D eigenvalue weighted by atomic mass is 10.1. The number of carbonyl (C=O) groups excluding carboxylic acids is 3. The van der Waals surface area contributed by atoms with E-state index in [0.717, 1.165) is 24.5 Å². The van der Waals surface area contributed by atoms with Gasteiger partial charge in [-0.15, -0.1) is 0 Å². The summed E-state index contributed by atoms with van der Waals surface area (Å²) in [6, 6.07) is 5.46. The van der Waals surface area contributed by atoms with Gasteiger partial charge in [-0.25, -0.2) is 9.69 Å². The number of likely N-dealkylation sites (N-methyl/N-ethyl adjacent to an activating group) is 1. The van der Waals surface area contributed by atoms with Crippen molar-refractivity contribution in [3.63, 3.8) is 0 Å². The summed E-state index contributed by atoms with van der Waals surface area (Å²) in [5.41, 5.74) is 0.348. The molecule has 1 aromatic carbocycles. The van der Waals surface area contributed by atoms with Crippen molar-refractivity contribution in [3.05, 3.63) is 29.3 Å². The Morgan fingerprint density at radius 3 is 2.44 bits per heavy atom. The van der Waals surface area contributed by atoms with Gasteiger partial charge in [0, 0.05) is 17.8 Å². The van der Waals surface area contributed by atoms with E-state index in [4.69, 9.17) is 11.6 Å². The van der Waals surface area contributed by atoms with E-state index in [1.165, 1.54) is 6.21 Å². The van der Waals surface area contributed by atoms with E-state index >= 15 is 0 Å². The Kier molecular flexibility index (Phi) is 6.66. The van der Waals surface area contributed by atoms with Crippen LogP contribution in [0.3, 0.4) is 0 Å². The van der Waals surface area contributed by atoms with Gasteiger partial charge in [0.1, 0.15) is 0 Å². The van der Waals surface area contributed by atoms with Gasteiger partial charge in [-0.2, -0.15) is 0 Å². The predicted molar refractivity (Wildman–Crippen MR) is 97.1 cm³/mol. The quantitative estimate of drug-likeness (QED) is 0.592. The number of aliphatic imine (C=N–C) groups is 1. The normalized spacial score (nSPS) is 18.3. The summed E-state index contributed by atoms with van der Waals surface area (Å²) in [6.07, 6.45) is 1.32. The minimum Gasteiger partial charge on any atom is -0.302 e. The monoisotopic (exact) mass is 364 g/mol. The average Bonchev–Trinajstić information content (AvgIpc) is 2.59. The summed E-state index contributed by atoms with van der Waals surface area (Å²) in [5, 5.41) is 2.67. The zero-order valence-corrected chi connectivity index (χ0v) is 15.0. The highest BCUT2D eigenvalue weighted by Crippen LogP contribution is 2.22. The maximum absolute atomic E-state index is 12.6. The van der Waals surface area contributed by atoms with Crippen LogP contribution < -0.4 is 10.2 Å². The fourth-order valence-electron chi connectivity index (χ4n) is 2.48. The molecule has 2 rings (SSSR count). The minimum atomic E-state index is -1.12. The van der Waals surface area contributed by atoms with E-state index in [2.05, 4.69) is 29.1 Å². The van der Waals surface area contributed by atoms with Crippen LogP contribution in [0.2, 0.25) is 5.02 Å². The Morgan fingerprint density at radius 2 is 1.84 bits per heavy atom. The molecule has 8 heteroatoms. The summed E-state index contributed by atoms with van der Waals surface area (Å²) in [5.74, 6) is -2.40. The largest absolute Gasteiger partial charge is 0.335 e. The number of nitrogens with one attached hydrogen (secondary N) is 1. The molecule has 0 saturated carbocycles. The van der Waals surface area contributed by atoms with Crippen LogP contribution in [0.25, 0.3) is 0 Å². The molecule has 4 amide bonds. The van der Waals surface area contributed by atoms with Gasteiger partial charge in [0.25, 0.3) is 5.91 Å². The molecule has 134 valence electrons. The molecule has 1 saturated heterocycles. The summed E-state index contributed by atoms with van der Waals surface area (Å²) in [6.45, 7) is 7.16. The van der Waals surface area contributed by atoms with Crippen molar-refractivity contribution in [2.75, 3.05) is 31.1 Å². The van der Waals surface area contributed by atoms with Crippen LogP contribution >= 0.6 is 11.6 Å². The molecular formula is C17H21ClN4O3. The summed E-state index contributed by atoms with van der Waals surface area (Å²) >= 11 is 5.83. The van der Waals surface area contributed by atoms with E-state index < -0.39 is 23.8 Å². The molecule has 1 aliphatic rings. The third kappa shape index (κ3) is 4.64. The van der Waals surface area contributed by atoms with Crippen molar-refractivity contribution < 1.29 is 14.4 Å². The molecule has 25 heavy (non-hydrogen) atoms. The van der Waals surface area contributed by atoms with Gasteiger partial charge in [0.2, 0.25) is 5.91 Å². The second kappa shape index (κ2) is 8.73. The van der Waals surface area contributed by atoms with E-state index in [-0.39, 0.29) is 0 Å². The first-order chi connectivity index (χ1) is 12.0. The van der Waals surface area contributed by atoms with Gasteiger partial charge < -0.3 is 4.90 Å². The van der Waals surface area contributed by atoms with Crippen molar-refractivity contribution in [2.24, 2.45) is 10.9 Å². The Labute approximate surface area is 151 Å². The average molecular weight is 365 g/mol. The molecule has 0 aromatic heterocycles. The molecule has 0 aliphatic carbocycles. The molecule has 1 atom stereocenters. The molecule has 1 fully saturated rings.